The molecule has 0 bridgehead atoms. The summed E-state index contributed by atoms with van der Waals surface area (Å²) in [5.74, 6) is -1.98. The maximum absolute atomic E-state index is 14.6. The largest absolute Gasteiger partial charge is 0.442 e. The minimum atomic E-state index is -0.855. The van der Waals surface area contributed by atoms with E-state index >= 15 is 0 Å². The lowest BCUT2D eigenvalue weighted by Gasteiger charge is -2.29. The fourth-order valence-corrected chi connectivity index (χ4v) is 2.83. The van der Waals surface area contributed by atoms with E-state index in [-0.39, 0.29) is 43.6 Å². The number of anilines is 2. The van der Waals surface area contributed by atoms with Gasteiger partial charge in [-0.05, 0) is 0 Å². The number of nitrogens with zero attached hydrogens (tertiary/aromatic N) is 4. The molecular weight excluding hydrogens is 364 g/mol. The Morgan fingerprint density at radius 2 is 2.07 bits per heavy atom. The summed E-state index contributed by atoms with van der Waals surface area (Å²) in [4.78, 5) is 25.4. The molecule has 1 aromatic carbocycles. The number of benzene rings is 1. The molecule has 146 valence electrons. The fourth-order valence-electron chi connectivity index (χ4n) is 2.83. The lowest BCUT2D eigenvalue weighted by atomic mass is 10.2. The number of hydrogen-bond acceptors (Lipinski definition) is 7. The molecule has 27 heavy (non-hydrogen) atoms. The van der Waals surface area contributed by atoms with Crippen molar-refractivity contribution >= 4 is 29.7 Å². The lowest BCUT2D eigenvalue weighted by Crippen LogP contribution is -2.39. The monoisotopic (exact) mass is 383 g/mol. The SMILES string of the molecule is CC(=O)NCC1CN(c2cc(F)c(N3C=NN(CO)CC3)c(F)c2)C(=O)O1. The van der Waals surface area contributed by atoms with Crippen LogP contribution in [-0.2, 0) is 9.53 Å². The van der Waals surface area contributed by atoms with Gasteiger partial charge in [0, 0.05) is 25.6 Å². The second kappa shape index (κ2) is 7.74. The van der Waals surface area contributed by atoms with Crippen LogP contribution < -0.4 is 15.1 Å². The van der Waals surface area contributed by atoms with Gasteiger partial charge >= 0.3 is 6.09 Å². The fraction of sp³-hybridized carbons (Fsp3) is 0.438. The van der Waals surface area contributed by atoms with Gasteiger partial charge in [-0.2, -0.15) is 5.10 Å². The molecule has 0 aromatic heterocycles. The van der Waals surface area contributed by atoms with E-state index < -0.39 is 23.8 Å². The molecule has 1 fully saturated rings. The average Bonchev–Trinajstić information content (AvgIpc) is 3.00. The van der Waals surface area contributed by atoms with Crippen molar-refractivity contribution in [1.29, 1.82) is 0 Å². The maximum atomic E-state index is 14.6. The van der Waals surface area contributed by atoms with E-state index in [0.717, 1.165) is 17.0 Å². The van der Waals surface area contributed by atoms with Gasteiger partial charge in [-0.15, -0.1) is 0 Å². The zero-order chi connectivity index (χ0) is 19.6. The number of aliphatic hydroxyl groups is 1. The van der Waals surface area contributed by atoms with Crippen molar-refractivity contribution in [2.45, 2.75) is 13.0 Å². The molecule has 2 amide bonds. The molecule has 3 rings (SSSR count). The Kier molecular flexibility index (Phi) is 5.40. The van der Waals surface area contributed by atoms with Crippen molar-refractivity contribution in [3.8, 4) is 0 Å². The van der Waals surface area contributed by atoms with Gasteiger partial charge in [0.25, 0.3) is 0 Å². The van der Waals surface area contributed by atoms with E-state index in [2.05, 4.69) is 10.4 Å². The van der Waals surface area contributed by atoms with Crippen LogP contribution in [-0.4, -0.2) is 67.5 Å². The summed E-state index contributed by atoms with van der Waals surface area (Å²) in [6.07, 6.45) is -0.116. The number of amides is 2. The molecule has 9 nitrogen and oxygen atoms in total. The summed E-state index contributed by atoms with van der Waals surface area (Å²) < 4.78 is 34.2. The molecule has 1 saturated heterocycles. The van der Waals surface area contributed by atoms with Gasteiger partial charge in [-0.3, -0.25) is 14.7 Å². The molecule has 1 unspecified atom stereocenters. The zero-order valence-corrected chi connectivity index (χ0v) is 14.6. The number of hydrazone groups is 1. The minimum absolute atomic E-state index is 0.0232. The van der Waals surface area contributed by atoms with Crippen molar-refractivity contribution in [3.63, 3.8) is 0 Å². The summed E-state index contributed by atoms with van der Waals surface area (Å²) in [5, 5.41) is 16.8. The van der Waals surface area contributed by atoms with Crippen molar-refractivity contribution in [2.75, 3.05) is 42.7 Å². The van der Waals surface area contributed by atoms with Crippen LogP contribution in [0.5, 0.6) is 0 Å². The molecular formula is C16H19F2N5O4. The number of hydrogen-bond donors (Lipinski definition) is 2. The molecule has 1 atom stereocenters. The van der Waals surface area contributed by atoms with Gasteiger partial charge in [0.15, 0.2) is 11.6 Å². The topological polar surface area (TPSA) is 97.7 Å². The summed E-state index contributed by atoms with van der Waals surface area (Å²) in [7, 11) is 0. The number of carbonyl (C=O) groups is 2. The lowest BCUT2D eigenvalue weighted by molar-refractivity contribution is -0.119. The highest BCUT2D eigenvalue weighted by molar-refractivity contribution is 5.90. The van der Waals surface area contributed by atoms with Crippen LogP contribution in [0.1, 0.15) is 6.92 Å². The van der Waals surface area contributed by atoms with E-state index in [9.17, 15) is 18.4 Å². The Balaban J connectivity index is 1.77. The summed E-state index contributed by atoms with van der Waals surface area (Å²) in [6.45, 7) is 1.77. The second-order valence-electron chi connectivity index (χ2n) is 6.11. The molecule has 0 saturated carbocycles. The van der Waals surface area contributed by atoms with Gasteiger partial charge in [0.05, 0.1) is 25.3 Å². The van der Waals surface area contributed by atoms with Gasteiger partial charge in [-0.25, -0.2) is 13.6 Å². The first kappa shape index (κ1) is 18.8. The van der Waals surface area contributed by atoms with Crippen LogP contribution in [0.3, 0.4) is 0 Å². The zero-order valence-electron chi connectivity index (χ0n) is 14.6. The number of halogens is 2. The van der Waals surface area contributed by atoms with Crippen LogP contribution in [0.15, 0.2) is 17.2 Å². The maximum Gasteiger partial charge on any atom is 0.414 e. The highest BCUT2D eigenvalue weighted by Crippen LogP contribution is 2.31. The predicted octanol–water partition coefficient (Wildman–Crippen LogP) is 0.441. The van der Waals surface area contributed by atoms with Crippen LogP contribution in [0, 0.1) is 11.6 Å². The van der Waals surface area contributed by atoms with Crippen LogP contribution >= 0.6 is 0 Å². The molecule has 0 aliphatic carbocycles. The third-order valence-corrected chi connectivity index (χ3v) is 4.17. The predicted molar refractivity (Wildman–Crippen MR) is 92.3 cm³/mol. The quantitative estimate of drug-likeness (QED) is 0.766. The Labute approximate surface area is 153 Å². The van der Waals surface area contributed by atoms with E-state index in [1.807, 2.05) is 0 Å². The van der Waals surface area contributed by atoms with E-state index in [0.29, 0.717) is 6.54 Å². The van der Waals surface area contributed by atoms with Gasteiger partial charge in [0.1, 0.15) is 24.9 Å². The third kappa shape index (κ3) is 4.08. The van der Waals surface area contributed by atoms with Gasteiger partial charge in [0.2, 0.25) is 5.91 Å². The Morgan fingerprint density at radius 3 is 2.63 bits per heavy atom. The van der Waals surface area contributed by atoms with Crippen molar-refractivity contribution in [1.82, 2.24) is 10.3 Å². The number of ether oxygens (including phenoxy) is 1. The second-order valence-corrected chi connectivity index (χ2v) is 6.11. The molecule has 0 spiro atoms. The third-order valence-electron chi connectivity index (χ3n) is 4.17. The van der Waals surface area contributed by atoms with Crippen molar-refractivity contribution in [2.24, 2.45) is 5.10 Å². The van der Waals surface area contributed by atoms with Gasteiger partial charge in [-0.1, -0.05) is 0 Å². The molecule has 1 aromatic rings. The summed E-state index contributed by atoms with van der Waals surface area (Å²) in [6, 6.07) is 2.10. The number of rotatable bonds is 5. The smallest absolute Gasteiger partial charge is 0.414 e. The number of nitrogens with one attached hydrogen (secondary N) is 1. The molecule has 2 heterocycles. The highest BCUT2D eigenvalue weighted by atomic mass is 19.1. The Bertz CT molecular complexity index is 752. The number of cyclic esters (lactones) is 1. The summed E-state index contributed by atoms with van der Waals surface area (Å²) in [5.41, 5.74) is -0.266. The minimum Gasteiger partial charge on any atom is -0.442 e. The standard InChI is InChI=1S/C16H19F2N5O4/c1-10(25)19-6-12-7-23(16(26)27-12)11-4-13(17)15(14(18)5-11)21-2-3-22(9-24)20-8-21/h4-5,8,12,24H,2-3,6-7,9H2,1H3,(H,19,25). The van der Waals surface area contributed by atoms with E-state index in [1.54, 1.807) is 0 Å². The van der Waals surface area contributed by atoms with Crippen molar-refractivity contribution < 1.29 is 28.2 Å². The van der Waals surface area contributed by atoms with E-state index in [4.69, 9.17) is 9.84 Å². The van der Waals surface area contributed by atoms with Gasteiger partial charge < -0.3 is 20.1 Å². The first-order valence-electron chi connectivity index (χ1n) is 8.27. The van der Waals surface area contributed by atoms with E-state index in [1.165, 1.54) is 23.2 Å². The number of aliphatic hydroxyl groups excluding tert-OH is 1. The molecule has 2 aliphatic heterocycles. The van der Waals surface area contributed by atoms with Crippen LogP contribution in [0.4, 0.5) is 25.0 Å². The first-order valence-corrected chi connectivity index (χ1v) is 8.27. The van der Waals surface area contributed by atoms with Crippen LogP contribution in [0.25, 0.3) is 0 Å². The molecule has 11 heteroatoms. The van der Waals surface area contributed by atoms with Crippen LogP contribution in [0.2, 0.25) is 0 Å². The number of carbonyl (C=O) groups excluding carboxylic acids is 2. The molecule has 2 N–H and O–H groups in total. The summed E-state index contributed by atoms with van der Waals surface area (Å²) >= 11 is 0. The Morgan fingerprint density at radius 1 is 1.37 bits per heavy atom. The first-order chi connectivity index (χ1) is 12.9. The highest BCUT2D eigenvalue weighted by Gasteiger charge is 2.33. The average molecular weight is 383 g/mol. The molecule has 2 aliphatic rings. The Hall–Kier alpha value is -2.95. The molecule has 0 radical (unpaired) electrons. The normalized spacial score (nSPS) is 19.5. The van der Waals surface area contributed by atoms with Crippen molar-refractivity contribution in [3.05, 3.63) is 23.8 Å².